The van der Waals surface area contributed by atoms with Crippen LogP contribution in [0, 0.1) is 13.8 Å². The summed E-state index contributed by atoms with van der Waals surface area (Å²) in [5.74, 6) is 0. The molecule has 1 atom stereocenters. The number of nitrogens with zero attached hydrogens (tertiary/aromatic N) is 1. The number of hydrogen-bond acceptors (Lipinski definition) is 1. The van der Waals surface area contributed by atoms with Crippen molar-refractivity contribution >= 4 is 17.3 Å². The zero-order valence-corrected chi connectivity index (χ0v) is 13.2. The van der Waals surface area contributed by atoms with E-state index in [0.29, 0.717) is 0 Å². The van der Waals surface area contributed by atoms with Gasteiger partial charge in [0, 0.05) is 18.8 Å². The van der Waals surface area contributed by atoms with Gasteiger partial charge in [-0.1, -0.05) is 42.0 Å². The first-order chi connectivity index (χ1) is 9.61. The van der Waals surface area contributed by atoms with Crippen molar-refractivity contribution in [2.24, 2.45) is 0 Å². The Morgan fingerprint density at radius 3 is 2.35 bits per heavy atom. The van der Waals surface area contributed by atoms with Crippen LogP contribution in [0.25, 0.3) is 0 Å². The Hall–Kier alpha value is -1.47. The number of hydrogen-bond donors (Lipinski definition) is 0. The van der Waals surface area contributed by atoms with Gasteiger partial charge in [0.2, 0.25) is 0 Å². The normalized spacial score (nSPS) is 12.2. The first-order valence-corrected chi connectivity index (χ1v) is 7.56. The molecule has 0 aliphatic rings. The molecule has 0 saturated carbocycles. The van der Waals surface area contributed by atoms with E-state index < -0.39 is 0 Å². The van der Waals surface area contributed by atoms with Crippen molar-refractivity contribution in [1.82, 2.24) is 0 Å². The van der Waals surface area contributed by atoms with Gasteiger partial charge in [-0.3, -0.25) is 0 Å². The summed E-state index contributed by atoms with van der Waals surface area (Å²) in [6.07, 6.45) is 0. The van der Waals surface area contributed by atoms with Crippen LogP contribution in [0.4, 0.5) is 5.69 Å². The molecular weight excluding hydrogens is 266 g/mol. The number of benzene rings is 2. The SMILES string of the molecule is CCN(CC(Cl)c1ccc(C)cc1C)c1ccccc1. The van der Waals surface area contributed by atoms with Crippen LogP contribution in [-0.2, 0) is 0 Å². The minimum absolute atomic E-state index is 0.00996. The summed E-state index contributed by atoms with van der Waals surface area (Å²) < 4.78 is 0. The maximum absolute atomic E-state index is 6.65. The van der Waals surface area contributed by atoms with E-state index in [9.17, 15) is 0 Å². The Kier molecular flexibility index (Phi) is 5.08. The number of para-hydroxylation sites is 1. The topological polar surface area (TPSA) is 3.24 Å². The van der Waals surface area contributed by atoms with Gasteiger partial charge in [-0.25, -0.2) is 0 Å². The van der Waals surface area contributed by atoms with Crippen molar-refractivity contribution in [2.45, 2.75) is 26.1 Å². The fraction of sp³-hybridized carbons (Fsp3) is 0.333. The second-order valence-corrected chi connectivity index (χ2v) is 5.73. The molecule has 0 saturated heterocycles. The Morgan fingerprint density at radius 2 is 1.75 bits per heavy atom. The van der Waals surface area contributed by atoms with Gasteiger partial charge in [0.15, 0.2) is 0 Å². The summed E-state index contributed by atoms with van der Waals surface area (Å²) in [5, 5.41) is 0.00996. The summed E-state index contributed by atoms with van der Waals surface area (Å²) in [5.41, 5.74) is 5.01. The summed E-state index contributed by atoms with van der Waals surface area (Å²) in [6, 6.07) is 16.9. The molecule has 2 aromatic carbocycles. The number of anilines is 1. The van der Waals surface area contributed by atoms with Gasteiger partial charge in [-0.15, -0.1) is 11.6 Å². The fourth-order valence-corrected chi connectivity index (χ4v) is 2.94. The van der Waals surface area contributed by atoms with Crippen LogP contribution < -0.4 is 4.90 Å². The third-order valence-electron chi connectivity index (χ3n) is 3.65. The Morgan fingerprint density at radius 1 is 1.05 bits per heavy atom. The molecule has 0 radical (unpaired) electrons. The van der Waals surface area contributed by atoms with Gasteiger partial charge in [0.1, 0.15) is 0 Å². The molecule has 0 aliphatic heterocycles. The molecule has 0 aliphatic carbocycles. The van der Waals surface area contributed by atoms with Gasteiger partial charge in [0.05, 0.1) is 5.38 Å². The van der Waals surface area contributed by atoms with Crippen LogP contribution in [0.3, 0.4) is 0 Å². The molecule has 20 heavy (non-hydrogen) atoms. The molecule has 2 aromatic rings. The summed E-state index contributed by atoms with van der Waals surface area (Å²) in [7, 11) is 0. The molecule has 0 bridgehead atoms. The predicted octanol–water partition coefficient (Wildman–Crippen LogP) is 5.11. The highest BCUT2D eigenvalue weighted by molar-refractivity contribution is 6.21. The van der Waals surface area contributed by atoms with E-state index in [4.69, 9.17) is 11.6 Å². The van der Waals surface area contributed by atoms with Crippen molar-refractivity contribution in [2.75, 3.05) is 18.0 Å². The highest BCUT2D eigenvalue weighted by atomic mass is 35.5. The summed E-state index contributed by atoms with van der Waals surface area (Å²) in [4.78, 5) is 2.32. The zero-order chi connectivity index (χ0) is 14.5. The van der Waals surface area contributed by atoms with Crippen LogP contribution in [0.2, 0.25) is 0 Å². The number of halogens is 1. The second kappa shape index (κ2) is 6.81. The Balaban J connectivity index is 2.15. The molecular formula is C18H22ClN. The van der Waals surface area contributed by atoms with Gasteiger partial charge in [0.25, 0.3) is 0 Å². The lowest BCUT2D eigenvalue weighted by Crippen LogP contribution is -2.26. The van der Waals surface area contributed by atoms with Crippen molar-refractivity contribution < 1.29 is 0 Å². The van der Waals surface area contributed by atoms with Gasteiger partial charge in [-0.2, -0.15) is 0 Å². The molecule has 0 aromatic heterocycles. The Labute approximate surface area is 127 Å². The van der Waals surface area contributed by atoms with Crippen LogP contribution in [0.5, 0.6) is 0 Å². The van der Waals surface area contributed by atoms with Crippen molar-refractivity contribution in [1.29, 1.82) is 0 Å². The molecule has 0 fully saturated rings. The third kappa shape index (κ3) is 3.55. The van der Waals surface area contributed by atoms with E-state index in [1.54, 1.807) is 0 Å². The highest BCUT2D eigenvalue weighted by Gasteiger charge is 2.15. The van der Waals surface area contributed by atoms with Crippen molar-refractivity contribution in [3.8, 4) is 0 Å². The first kappa shape index (κ1) is 14.9. The van der Waals surface area contributed by atoms with Crippen LogP contribution in [0.1, 0.15) is 29.0 Å². The van der Waals surface area contributed by atoms with E-state index in [1.165, 1.54) is 22.4 Å². The lowest BCUT2D eigenvalue weighted by atomic mass is 10.0. The van der Waals surface area contributed by atoms with Gasteiger partial charge < -0.3 is 4.90 Å². The minimum atomic E-state index is 0.00996. The molecule has 1 unspecified atom stereocenters. The van der Waals surface area contributed by atoms with Crippen molar-refractivity contribution in [3.63, 3.8) is 0 Å². The van der Waals surface area contributed by atoms with E-state index in [-0.39, 0.29) is 5.38 Å². The third-order valence-corrected chi connectivity index (χ3v) is 4.02. The predicted molar refractivity (Wildman–Crippen MR) is 88.8 cm³/mol. The first-order valence-electron chi connectivity index (χ1n) is 7.13. The van der Waals surface area contributed by atoms with E-state index in [2.05, 4.69) is 68.1 Å². The lowest BCUT2D eigenvalue weighted by Gasteiger charge is -2.26. The summed E-state index contributed by atoms with van der Waals surface area (Å²) in [6.45, 7) is 8.20. The van der Waals surface area contributed by atoms with E-state index >= 15 is 0 Å². The molecule has 2 heteroatoms. The minimum Gasteiger partial charge on any atom is -0.370 e. The van der Waals surface area contributed by atoms with Crippen molar-refractivity contribution in [3.05, 3.63) is 65.2 Å². The fourth-order valence-electron chi connectivity index (χ4n) is 2.52. The van der Waals surface area contributed by atoms with Gasteiger partial charge in [-0.05, 0) is 44.0 Å². The maximum Gasteiger partial charge on any atom is 0.0762 e. The number of rotatable bonds is 5. The monoisotopic (exact) mass is 287 g/mol. The molecule has 106 valence electrons. The molecule has 0 heterocycles. The Bertz CT molecular complexity index is 551. The van der Waals surface area contributed by atoms with E-state index in [1.807, 2.05) is 6.07 Å². The second-order valence-electron chi connectivity index (χ2n) is 5.20. The van der Waals surface area contributed by atoms with Crippen LogP contribution in [0.15, 0.2) is 48.5 Å². The number of alkyl halides is 1. The smallest absolute Gasteiger partial charge is 0.0762 e. The number of aryl methyl sites for hydroxylation is 2. The zero-order valence-electron chi connectivity index (χ0n) is 12.4. The molecule has 0 spiro atoms. The maximum atomic E-state index is 6.65. The lowest BCUT2D eigenvalue weighted by molar-refractivity contribution is 0.787. The van der Waals surface area contributed by atoms with Crippen LogP contribution in [-0.4, -0.2) is 13.1 Å². The molecule has 0 N–H and O–H groups in total. The number of likely N-dealkylation sites (N-methyl/N-ethyl adjacent to an activating group) is 1. The van der Waals surface area contributed by atoms with Crippen LogP contribution >= 0.6 is 11.6 Å². The largest absolute Gasteiger partial charge is 0.370 e. The average molecular weight is 288 g/mol. The van der Waals surface area contributed by atoms with Gasteiger partial charge >= 0.3 is 0 Å². The molecule has 2 rings (SSSR count). The van der Waals surface area contributed by atoms with E-state index in [0.717, 1.165) is 13.1 Å². The standard InChI is InChI=1S/C18H22ClN/c1-4-20(16-8-6-5-7-9-16)13-18(19)17-11-10-14(2)12-15(17)3/h5-12,18H,4,13H2,1-3H3. The summed E-state index contributed by atoms with van der Waals surface area (Å²) >= 11 is 6.65. The highest BCUT2D eigenvalue weighted by Crippen LogP contribution is 2.27. The molecule has 1 nitrogen and oxygen atoms in total. The average Bonchev–Trinajstić information content (AvgIpc) is 2.45. The quantitative estimate of drug-likeness (QED) is 0.691. The molecule has 0 amide bonds.